The Labute approximate surface area is 214 Å². The molecule has 0 spiro atoms. The highest BCUT2D eigenvalue weighted by Crippen LogP contribution is 2.38. The molecule has 1 aliphatic rings. The zero-order valence-electron chi connectivity index (χ0n) is 20.3. The molecule has 0 saturated carbocycles. The minimum Gasteiger partial charge on any atom is -0.493 e. The smallest absolute Gasteiger partial charge is 0.203 e. The Bertz CT molecular complexity index is 869. The number of hydrogen-bond acceptors (Lipinski definition) is 5. The van der Waals surface area contributed by atoms with Crippen LogP contribution < -0.4 is 24.8 Å². The Morgan fingerprint density at radius 1 is 1.09 bits per heavy atom. The van der Waals surface area contributed by atoms with Gasteiger partial charge in [-0.25, -0.2) is 0 Å². The fourth-order valence-corrected chi connectivity index (χ4v) is 4.14. The molecular weight excluding hydrogens is 531 g/mol. The molecule has 8 heteroatoms. The highest BCUT2D eigenvalue weighted by molar-refractivity contribution is 14.0. The number of likely N-dealkylation sites (tertiary alicyclic amines) is 1. The van der Waals surface area contributed by atoms with Crippen LogP contribution in [0.5, 0.6) is 17.2 Å². The van der Waals surface area contributed by atoms with E-state index in [0.29, 0.717) is 42.5 Å². The van der Waals surface area contributed by atoms with Crippen LogP contribution in [0.1, 0.15) is 31.4 Å². The summed E-state index contributed by atoms with van der Waals surface area (Å²) in [6, 6.07) is 15.4. The normalized spacial score (nSPS) is 18.4. The average Bonchev–Trinajstić information content (AvgIpc) is 3.16. The van der Waals surface area contributed by atoms with Gasteiger partial charge in [0, 0.05) is 38.8 Å². The van der Waals surface area contributed by atoms with Crippen LogP contribution in [0.4, 0.5) is 0 Å². The number of methoxy groups -OCH3 is 2. The van der Waals surface area contributed by atoms with Crippen LogP contribution in [-0.4, -0.2) is 57.4 Å². The molecule has 2 aromatic carbocycles. The van der Waals surface area contributed by atoms with E-state index in [-0.39, 0.29) is 24.0 Å². The molecule has 2 aromatic rings. The van der Waals surface area contributed by atoms with Crippen LogP contribution in [0.3, 0.4) is 0 Å². The third-order valence-electron chi connectivity index (χ3n) is 5.77. The highest BCUT2D eigenvalue weighted by Gasteiger charge is 2.29. The Hall–Kier alpha value is -2.20. The number of guanidine groups is 1. The predicted molar refractivity (Wildman–Crippen MR) is 144 cm³/mol. The van der Waals surface area contributed by atoms with Crippen molar-refractivity contribution in [1.82, 2.24) is 15.5 Å². The maximum atomic E-state index is 5.69. The van der Waals surface area contributed by atoms with Crippen molar-refractivity contribution >= 4 is 29.9 Å². The molecule has 7 nitrogen and oxygen atoms in total. The highest BCUT2D eigenvalue weighted by atomic mass is 127. The molecule has 182 valence electrons. The Morgan fingerprint density at radius 3 is 2.33 bits per heavy atom. The van der Waals surface area contributed by atoms with E-state index in [1.165, 1.54) is 5.56 Å². The molecule has 2 unspecified atom stereocenters. The molecule has 0 amide bonds. The van der Waals surface area contributed by atoms with Crippen LogP contribution in [-0.2, 0) is 13.1 Å². The van der Waals surface area contributed by atoms with Gasteiger partial charge in [-0.15, -0.1) is 24.0 Å². The van der Waals surface area contributed by atoms with Gasteiger partial charge < -0.3 is 24.8 Å². The molecule has 1 fully saturated rings. The summed E-state index contributed by atoms with van der Waals surface area (Å²) in [5, 5.41) is 7.00. The lowest BCUT2D eigenvalue weighted by Crippen LogP contribution is -2.44. The van der Waals surface area contributed by atoms with Crippen LogP contribution in [0, 0.1) is 0 Å². The maximum Gasteiger partial charge on any atom is 0.203 e. The van der Waals surface area contributed by atoms with Gasteiger partial charge in [-0.3, -0.25) is 9.89 Å². The summed E-state index contributed by atoms with van der Waals surface area (Å²) in [5.74, 6) is 2.73. The Kier molecular flexibility index (Phi) is 11.1. The average molecular weight is 569 g/mol. The second-order valence-corrected chi connectivity index (χ2v) is 8.03. The largest absolute Gasteiger partial charge is 0.493 e. The third kappa shape index (κ3) is 7.40. The number of ether oxygens (including phenoxy) is 3. The van der Waals surface area contributed by atoms with Crippen molar-refractivity contribution in [3.63, 3.8) is 0 Å². The Balaban J connectivity index is 0.00000385. The molecule has 33 heavy (non-hydrogen) atoms. The quantitative estimate of drug-likeness (QED) is 0.271. The van der Waals surface area contributed by atoms with Crippen molar-refractivity contribution in [2.24, 2.45) is 4.99 Å². The summed E-state index contributed by atoms with van der Waals surface area (Å²) in [5.41, 5.74) is 2.37. The summed E-state index contributed by atoms with van der Waals surface area (Å²) in [6.45, 7) is 7.32. The molecular formula is C25H37IN4O3. The minimum atomic E-state index is 0. The molecule has 0 aliphatic carbocycles. The van der Waals surface area contributed by atoms with Crippen LogP contribution in [0.25, 0.3) is 0 Å². The summed E-state index contributed by atoms with van der Waals surface area (Å²) in [4.78, 5) is 6.94. The maximum absolute atomic E-state index is 5.69. The first-order valence-corrected chi connectivity index (χ1v) is 11.2. The first-order valence-electron chi connectivity index (χ1n) is 11.2. The number of rotatable bonds is 9. The van der Waals surface area contributed by atoms with Gasteiger partial charge in [0.15, 0.2) is 17.5 Å². The van der Waals surface area contributed by atoms with E-state index in [2.05, 4.69) is 57.8 Å². The van der Waals surface area contributed by atoms with Crippen LogP contribution >= 0.6 is 24.0 Å². The summed E-state index contributed by atoms with van der Waals surface area (Å²) < 4.78 is 16.7. The zero-order chi connectivity index (χ0) is 22.9. The number of halogens is 1. The summed E-state index contributed by atoms with van der Waals surface area (Å²) >= 11 is 0. The summed E-state index contributed by atoms with van der Waals surface area (Å²) in [7, 11) is 5.07. The van der Waals surface area contributed by atoms with Crippen molar-refractivity contribution in [1.29, 1.82) is 0 Å². The molecule has 0 radical (unpaired) electrons. The molecule has 2 atom stereocenters. The second-order valence-electron chi connectivity index (χ2n) is 8.03. The predicted octanol–water partition coefficient (Wildman–Crippen LogP) is 4.05. The number of nitrogens with one attached hydrogen (secondary N) is 2. The lowest BCUT2D eigenvalue weighted by molar-refractivity contribution is 0.258. The van der Waals surface area contributed by atoms with E-state index in [0.717, 1.165) is 31.0 Å². The lowest BCUT2D eigenvalue weighted by Gasteiger charge is -2.21. The molecule has 1 saturated heterocycles. The molecule has 1 aliphatic heterocycles. The number of hydrogen-bond donors (Lipinski definition) is 2. The minimum absolute atomic E-state index is 0. The second kappa shape index (κ2) is 13.5. The van der Waals surface area contributed by atoms with Crippen LogP contribution in [0.2, 0.25) is 0 Å². The van der Waals surface area contributed by atoms with E-state index in [1.807, 2.05) is 19.1 Å². The number of benzene rings is 2. The van der Waals surface area contributed by atoms with Gasteiger partial charge in [0.05, 0.1) is 20.8 Å². The van der Waals surface area contributed by atoms with Crippen molar-refractivity contribution in [3.8, 4) is 17.2 Å². The monoisotopic (exact) mass is 568 g/mol. The van der Waals surface area contributed by atoms with Gasteiger partial charge in [0.1, 0.15) is 0 Å². The summed E-state index contributed by atoms with van der Waals surface area (Å²) in [6.07, 6.45) is 1.08. The van der Waals surface area contributed by atoms with E-state index >= 15 is 0 Å². The SMILES string of the molecule is CCOc1c(OC)cc(CNC(=NC)NC2CC(C)N(Cc3ccccc3)C2)cc1OC.I. The van der Waals surface area contributed by atoms with E-state index in [1.54, 1.807) is 21.3 Å². The topological polar surface area (TPSA) is 67.4 Å². The molecule has 1 heterocycles. The van der Waals surface area contributed by atoms with Crippen LogP contribution in [0.15, 0.2) is 47.5 Å². The molecule has 2 N–H and O–H groups in total. The van der Waals surface area contributed by atoms with Crippen molar-refractivity contribution in [3.05, 3.63) is 53.6 Å². The first kappa shape index (κ1) is 27.0. The standard InChI is InChI=1S/C25H36N4O3.HI/c1-6-32-24-22(30-4)13-20(14-23(24)31-5)15-27-25(26-3)28-21-12-18(2)29(17-21)16-19-10-8-7-9-11-19;/h7-11,13-14,18,21H,6,12,15-17H2,1-5H3,(H2,26,27,28);1H. The first-order chi connectivity index (χ1) is 15.6. The third-order valence-corrected chi connectivity index (χ3v) is 5.77. The van der Waals surface area contributed by atoms with Gasteiger partial charge in [-0.1, -0.05) is 30.3 Å². The van der Waals surface area contributed by atoms with Gasteiger partial charge in [-0.05, 0) is 43.5 Å². The van der Waals surface area contributed by atoms with Crippen molar-refractivity contribution in [2.75, 3.05) is 34.4 Å². The van der Waals surface area contributed by atoms with Crippen molar-refractivity contribution < 1.29 is 14.2 Å². The zero-order valence-corrected chi connectivity index (χ0v) is 22.6. The van der Waals surface area contributed by atoms with Gasteiger partial charge in [0.25, 0.3) is 0 Å². The number of aliphatic imine (C=N–C) groups is 1. The lowest BCUT2D eigenvalue weighted by atomic mass is 10.1. The van der Waals surface area contributed by atoms with E-state index < -0.39 is 0 Å². The van der Waals surface area contributed by atoms with Gasteiger partial charge in [0.2, 0.25) is 5.75 Å². The molecule has 0 aromatic heterocycles. The van der Waals surface area contributed by atoms with Crippen molar-refractivity contribution in [2.45, 2.75) is 45.4 Å². The molecule has 3 rings (SSSR count). The fraction of sp³-hybridized carbons (Fsp3) is 0.480. The molecule has 0 bridgehead atoms. The van der Waals surface area contributed by atoms with E-state index in [9.17, 15) is 0 Å². The van der Waals surface area contributed by atoms with E-state index in [4.69, 9.17) is 14.2 Å². The van der Waals surface area contributed by atoms with Gasteiger partial charge >= 0.3 is 0 Å². The Morgan fingerprint density at radius 2 is 1.76 bits per heavy atom. The van der Waals surface area contributed by atoms with Gasteiger partial charge in [-0.2, -0.15) is 0 Å². The fourth-order valence-electron chi connectivity index (χ4n) is 4.14. The number of nitrogens with zero attached hydrogens (tertiary/aromatic N) is 2.